The van der Waals surface area contributed by atoms with Crippen LogP contribution in [0.2, 0.25) is 5.02 Å². The third-order valence-corrected chi connectivity index (χ3v) is 7.47. The molecule has 0 saturated heterocycles. The maximum Gasteiger partial charge on any atom is 0.235 e. The lowest BCUT2D eigenvalue weighted by molar-refractivity contribution is -0.113. The Morgan fingerprint density at radius 1 is 1.30 bits per heavy atom. The van der Waals surface area contributed by atoms with Crippen molar-refractivity contribution in [3.05, 3.63) is 46.1 Å². The molecule has 0 aliphatic heterocycles. The van der Waals surface area contributed by atoms with Crippen LogP contribution >= 0.6 is 23.4 Å². The molecule has 1 fully saturated rings. The lowest BCUT2D eigenvalue weighted by atomic mass is 10.2. The van der Waals surface area contributed by atoms with E-state index < -0.39 is 0 Å². The topological polar surface area (TPSA) is 88.5 Å². The zero-order valence-corrected chi connectivity index (χ0v) is 20.6. The molecule has 3 aromatic rings. The summed E-state index contributed by atoms with van der Waals surface area (Å²) >= 11 is 7.47. The number of rotatable bonds is 7. The highest BCUT2D eigenvalue weighted by Gasteiger charge is 2.27. The van der Waals surface area contributed by atoms with Gasteiger partial charge < -0.3 is 14.5 Å². The van der Waals surface area contributed by atoms with Gasteiger partial charge in [-0.15, -0.1) is 10.2 Å². The van der Waals surface area contributed by atoms with Gasteiger partial charge in [-0.05, 0) is 51.3 Å². The zero-order chi connectivity index (χ0) is 23.5. The number of anilines is 1. The number of hydrogen-bond donors (Lipinski definition) is 1. The largest absolute Gasteiger partial charge is 0.327 e. The number of carbonyl (C=O) groups is 1. The van der Waals surface area contributed by atoms with Crippen LogP contribution in [0.1, 0.15) is 55.5 Å². The molecular weight excluding hydrogens is 456 g/mol. The van der Waals surface area contributed by atoms with E-state index in [4.69, 9.17) is 11.6 Å². The summed E-state index contributed by atoms with van der Waals surface area (Å²) in [5, 5.41) is 22.7. The summed E-state index contributed by atoms with van der Waals surface area (Å²) in [7, 11) is 0. The summed E-state index contributed by atoms with van der Waals surface area (Å²) in [4.78, 5) is 12.9. The van der Waals surface area contributed by atoms with Crippen LogP contribution in [0.5, 0.6) is 0 Å². The van der Waals surface area contributed by atoms with Crippen LogP contribution in [0.3, 0.4) is 0 Å². The standard InChI is InChI=1S/C24H27ClN6OS/c1-4-30-22(17-8-7-9-18(25)12-17)28-29-24(30)33-14-21(32)27-23-20(13-26)15(2)16(3)31(23)19-10-5-6-11-19/h7-9,12,19H,4-6,10-11,14H2,1-3H3,(H,27,32). The first kappa shape index (κ1) is 23.4. The monoisotopic (exact) mass is 482 g/mol. The van der Waals surface area contributed by atoms with Crippen molar-refractivity contribution < 1.29 is 4.79 Å². The SMILES string of the molecule is CCn1c(SCC(=O)Nc2c(C#N)c(C)c(C)n2C2CCCC2)nnc1-c1cccc(Cl)c1. The maximum absolute atomic E-state index is 12.9. The van der Waals surface area contributed by atoms with E-state index in [1.54, 1.807) is 0 Å². The Kier molecular flexibility index (Phi) is 7.11. The van der Waals surface area contributed by atoms with Gasteiger partial charge in [-0.1, -0.05) is 48.3 Å². The van der Waals surface area contributed by atoms with Gasteiger partial charge in [0.1, 0.15) is 11.9 Å². The van der Waals surface area contributed by atoms with Gasteiger partial charge in [0.25, 0.3) is 0 Å². The van der Waals surface area contributed by atoms with Gasteiger partial charge in [0.15, 0.2) is 11.0 Å². The molecule has 1 saturated carbocycles. The van der Waals surface area contributed by atoms with Crippen LogP contribution < -0.4 is 5.32 Å². The quantitative estimate of drug-likeness (QED) is 0.433. The molecule has 2 aromatic heterocycles. The van der Waals surface area contributed by atoms with Gasteiger partial charge in [0, 0.05) is 28.9 Å². The van der Waals surface area contributed by atoms with E-state index >= 15 is 0 Å². The lowest BCUT2D eigenvalue weighted by Crippen LogP contribution is -2.20. The minimum atomic E-state index is -0.164. The number of amides is 1. The number of nitrogens with zero attached hydrogens (tertiary/aromatic N) is 5. The number of hydrogen-bond acceptors (Lipinski definition) is 5. The Morgan fingerprint density at radius 3 is 2.73 bits per heavy atom. The van der Waals surface area contributed by atoms with E-state index in [2.05, 4.69) is 26.2 Å². The number of thioether (sulfide) groups is 1. The third kappa shape index (κ3) is 4.66. The average molecular weight is 483 g/mol. The highest BCUT2D eigenvalue weighted by molar-refractivity contribution is 7.99. The van der Waals surface area contributed by atoms with E-state index in [0.717, 1.165) is 35.5 Å². The molecule has 1 amide bonds. The first-order valence-corrected chi connectivity index (χ1v) is 12.5. The molecule has 0 radical (unpaired) electrons. The molecule has 0 atom stereocenters. The molecule has 33 heavy (non-hydrogen) atoms. The summed E-state index contributed by atoms with van der Waals surface area (Å²) in [6.07, 6.45) is 4.49. The van der Waals surface area contributed by atoms with E-state index in [0.29, 0.717) is 34.1 Å². The number of carbonyl (C=O) groups excluding carboxylic acids is 1. The molecule has 0 unspecified atom stereocenters. The highest BCUT2D eigenvalue weighted by atomic mass is 35.5. The second-order valence-corrected chi connectivity index (χ2v) is 9.63. The number of aromatic nitrogens is 4. The number of benzene rings is 1. The molecule has 9 heteroatoms. The van der Waals surface area contributed by atoms with Crippen molar-refractivity contribution in [2.24, 2.45) is 0 Å². The number of nitrogens with one attached hydrogen (secondary N) is 1. The first-order valence-electron chi connectivity index (χ1n) is 11.2. The van der Waals surface area contributed by atoms with Gasteiger partial charge >= 0.3 is 0 Å². The van der Waals surface area contributed by atoms with Gasteiger partial charge in [-0.3, -0.25) is 4.79 Å². The van der Waals surface area contributed by atoms with Crippen molar-refractivity contribution in [1.29, 1.82) is 5.26 Å². The Balaban J connectivity index is 1.52. The number of nitriles is 1. The summed E-state index contributed by atoms with van der Waals surface area (Å²) in [6.45, 7) is 6.66. The molecule has 7 nitrogen and oxygen atoms in total. The van der Waals surface area contributed by atoms with Crippen molar-refractivity contribution >= 4 is 35.1 Å². The van der Waals surface area contributed by atoms with Crippen LogP contribution in [0.25, 0.3) is 11.4 Å². The minimum Gasteiger partial charge on any atom is -0.327 e. The van der Waals surface area contributed by atoms with Crippen molar-refractivity contribution in [3.63, 3.8) is 0 Å². The molecular formula is C24H27ClN6OS. The van der Waals surface area contributed by atoms with E-state index in [9.17, 15) is 10.1 Å². The Bertz CT molecular complexity index is 1220. The molecule has 172 valence electrons. The number of halogens is 1. The molecule has 2 heterocycles. The Labute approximate surface area is 203 Å². The fraction of sp³-hybridized carbons (Fsp3) is 0.417. The molecule has 0 bridgehead atoms. The molecule has 1 aliphatic rings. The van der Waals surface area contributed by atoms with Gasteiger partial charge in [0.2, 0.25) is 5.91 Å². The summed E-state index contributed by atoms with van der Waals surface area (Å²) in [5.41, 5.74) is 3.42. The summed E-state index contributed by atoms with van der Waals surface area (Å²) < 4.78 is 4.13. The Hall–Kier alpha value is -2.76. The maximum atomic E-state index is 12.9. The average Bonchev–Trinajstić information content (AvgIpc) is 3.52. The van der Waals surface area contributed by atoms with Crippen molar-refractivity contribution in [1.82, 2.24) is 19.3 Å². The summed E-state index contributed by atoms with van der Waals surface area (Å²) in [6, 6.07) is 10.1. The van der Waals surface area contributed by atoms with Crippen LogP contribution in [0.4, 0.5) is 5.82 Å². The first-order chi connectivity index (χ1) is 15.9. The normalized spacial score (nSPS) is 13.9. The molecule has 0 spiro atoms. The van der Waals surface area contributed by atoms with E-state index in [1.807, 2.05) is 49.6 Å². The van der Waals surface area contributed by atoms with Gasteiger partial charge in [-0.2, -0.15) is 5.26 Å². The van der Waals surface area contributed by atoms with Crippen LogP contribution in [0, 0.1) is 25.2 Å². The van der Waals surface area contributed by atoms with Crippen molar-refractivity contribution in [2.75, 3.05) is 11.1 Å². The van der Waals surface area contributed by atoms with Crippen LogP contribution in [-0.2, 0) is 11.3 Å². The fourth-order valence-electron chi connectivity index (χ4n) is 4.53. The van der Waals surface area contributed by atoms with Crippen molar-refractivity contribution in [3.8, 4) is 17.5 Å². The summed E-state index contributed by atoms with van der Waals surface area (Å²) in [5.74, 6) is 1.35. The Morgan fingerprint density at radius 2 is 2.06 bits per heavy atom. The van der Waals surface area contributed by atoms with Gasteiger partial charge in [0.05, 0.1) is 11.3 Å². The third-order valence-electron chi connectivity index (χ3n) is 6.26. The fourth-order valence-corrected chi connectivity index (χ4v) is 5.52. The molecule has 1 N–H and O–H groups in total. The molecule has 1 aromatic carbocycles. The van der Waals surface area contributed by atoms with Crippen LogP contribution in [-0.4, -0.2) is 31.0 Å². The van der Waals surface area contributed by atoms with Crippen LogP contribution in [0.15, 0.2) is 29.4 Å². The van der Waals surface area contributed by atoms with E-state index in [1.165, 1.54) is 24.6 Å². The predicted molar refractivity (Wildman–Crippen MR) is 132 cm³/mol. The second kappa shape index (κ2) is 10.0. The molecule has 1 aliphatic carbocycles. The lowest BCUT2D eigenvalue weighted by Gasteiger charge is -2.19. The smallest absolute Gasteiger partial charge is 0.235 e. The minimum absolute atomic E-state index is 0.164. The molecule has 4 rings (SSSR count). The van der Waals surface area contributed by atoms with E-state index in [-0.39, 0.29) is 11.7 Å². The predicted octanol–water partition coefficient (Wildman–Crippen LogP) is 5.75. The highest BCUT2D eigenvalue weighted by Crippen LogP contribution is 2.38. The van der Waals surface area contributed by atoms with Gasteiger partial charge in [-0.25, -0.2) is 0 Å². The second-order valence-electron chi connectivity index (χ2n) is 8.25. The zero-order valence-electron chi connectivity index (χ0n) is 19.1. The van der Waals surface area contributed by atoms with Crippen molar-refractivity contribution in [2.45, 2.75) is 64.2 Å².